The van der Waals surface area contributed by atoms with E-state index in [0.29, 0.717) is 0 Å². The number of hydrogen-bond donors (Lipinski definition) is 5. The molecule has 0 saturated carbocycles. The van der Waals surface area contributed by atoms with Crippen LogP contribution in [0, 0.1) is 0 Å². The van der Waals surface area contributed by atoms with Crippen molar-refractivity contribution >= 4 is 17.9 Å². The highest BCUT2D eigenvalue weighted by Gasteiger charge is 2.21. The molecule has 0 heterocycles. The third-order valence-electron chi connectivity index (χ3n) is 1.98. The normalized spacial score (nSPS) is 14.2. The van der Waals surface area contributed by atoms with Crippen LogP contribution >= 0.6 is 0 Å². The third-order valence-corrected chi connectivity index (χ3v) is 1.98. The van der Waals surface area contributed by atoms with Crippen LogP contribution < -0.4 is 16.0 Å². The Morgan fingerprint density at radius 3 is 2.16 bits per heavy atom. The van der Waals surface area contributed by atoms with E-state index in [-0.39, 0.29) is 5.91 Å². The number of carboxylic acid groups (broad SMARTS) is 1. The lowest BCUT2D eigenvalue weighted by Crippen LogP contribution is -2.53. The average molecular weight is 275 g/mol. The molecular weight excluding hydrogens is 254 g/mol. The molecule has 8 heteroatoms. The number of carbonyl (C=O) groups excluding carboxylic acids is 2. The van der Waals surface area contributed by atoms with Gasteiger partial charge in [0.05, 0.1) is 6.54 Å². The largest absolute Gasteiger partial charge is 0.479 e. The lowest BCUT2D eigenvalue weighted by Gasteiger charge is -2.23. The number of rotatable bonds is 5. The minimum absolute atomic E-state index is 0.360. The number of carboxylic acids is 1. The molecule has 0 aliphatic heterocycles. The van der Waals surface area contributed by atoms with Crippen molar-refractivity contribution in [3.05, 3.63) is 0 Å². The van der Waals surface area contributed by atoms with Crippen molar-refractivity contribution in [2.24, 2.45) is 0 Å². The van der Waals surface area contributed by atoms with Crippen LogP contribution in [0.15, 0.2) is 0 Å². The fourth-order valence-electron chi connectivity index (χ4n) is 1.07. The Bertz CT molecular complexity index is 351. The number of urea groups is 1. The Balaban J connectivity index is 4.12. The molecule has 0 bridgehead atoms. The van der Waals surface area contributed by atoms with Crippen LogP contribution in [0.5, 0.6) is 0 Å². The Kier molecular flexibility index (Phi) is 6.26. The summed E-state index contributed by atoms with van der Waals surface area (Å²) in [5, 5.41) is 24.5. The summed E-state index contributed by atoms with van der Waals surface area (Å²) in [6.07, 6.45) is -1.68. The summed E-state index contributed by atoms with van der Waals surface area (Å²) in [7, 11) is 0. The number of carbonyl (C=O) groups is 3. The summed E-state index contributed by atoms with van der Waals surface area (Å²) in [6.45, 7) is 6.48. The van der Waals surface area contributed by atoms with E-state index < -0.39 is 36.2 Å². The van der Waals surface area contributed by atoms with E-state index in [1.807, 2.05) is 0 Å². The molecule has 19 heavy (non-hydrogen) atoms. The van der Waals surface area contributed by atoms with Gasteiger partial charge in [-0.1, -0.05) is 0 Å². The number of amides is 3. The van der Waals surface area contributed by atoms with Gasteiger partial charge < -0.3 is 26.2 Å². The second kappa shape index (κ2) is 6.93. The van der Waals surface area contributed by atoms with Crippen LogP contribution in [-0.2, 0) is 9.59 Å². The Labute approximate surface area is 111 Å². The van der Waals surface area contributed by atoms with Crippen molar-refractivity contribution in [1.82, 2.24) is 16.0 Å². The molecule has 110 valence electrons. The maximum atomic E-state index is 11.6. The van der Waals surface area contributed by atoms with Crippen molar-refractivity contribution in [2.45, 2.75) is 45.4 Å². The molecule has 0 saturated heterocycles. The Hall–Kier alpha value is -1.83. The van der Waals surface area contributed by atoms with Gasteiger partial charge in [0, 0.05) is 5.54 Å². The standard InChI is InChI=1S/C11H21N3O5/c1-6(8(16)14-11(2,3)4)13-10(19)12-5-7(15)9(17)18/h6-7,15H,5H2,1-4H3,(H,14,16)(H,17,18)(H2,12,13,19)/t6?,7-/m0/s1. The predicted molar refractivity (Wildman–Crippen MR) is 67.5 cm³/mol. The molecule has 3 amide bonds. The lowest BCUT2D eigenvalue weighted by molar-refractivity contribution is -0.146. The van der Waals surface area contributed by atoms with Gasteiger partial charge in [-0.05, 0) is 27.7 Å². The van der Waals surface area contributed by atoms with E-state index in [0.717, 1.165) is 0 Å². The maximum absolute atomic E-state index is 11.6. The fraction of sp³-hybridized carbons (Fsp3) is 0.727. The zero-order valence-corrected chi connectivity index (χ0v) is 11.5. The first-order chi connectivity index (χ1) is 8.53. The van der Waals surface area contributed by atoms with Gasteiger partial charge in [-0.2, -0.15) is 0 Å². The molecule has 1 unspecified atom stereocenters. The summed E-state index contributed by atoms with van der Waals surface area (Å²) in [6, 6.07) is -1.50. The first kappa shape index (κ1) is 17.2. The molecule has 0 aromatic heterocycles. The third kappa shape index (κ3) is 7.98. The summed E-state index contributed by atoms with van der Waals surface area (Å²) in [4.78, 5) is 33.3. The van der Waals surface area contributed by atoms with Crippen LogP contribution in [-0.4, -0.2) is 52.4 Å². The van der Waals surface area contributed by atoms with Crippen molar-refractivity contribution in [3.8, 4) is 0 Å². The topological polar surface area (TPSA) is 128 Å². The second-order valence-electron chi connectivity index (χ2n) is 5.17. The molecule has 2 atom stereocenters. The molecule has 0 fully saturated rings. The quantitative estimate of drug-likeness (QED) is 0.441. The fourth-order valence-corrected chi connectivity index (χ4v) is 1.07. The average Bonchev–Trinajstić information content (AvgIpc) is 2.23. The lowest BCUT2D eigenvalue weighted by atomic mass is 10.1. The molecule has 8 nitrogen and oxygen atoms in total. The van der Waals surface area contributed by atoms with Gasteiger partial charge in [0.2, 0.25) is 5.91 Å². The zero-order valence-electron chi connectivity index (χ0n) is 11.5. The summed E-state index contributed by atoms with van der Waals surface area (Å²) < 4.78 is 0. The van der Waals surface area contributed by atoms with Gasteiger partial charge in [0.1, 0.15) is 6.04 Å². The Morgan fingerprint density at radius 1 is 1.21 bits per heavy atom. The number of aliphatic hydroxyl groups is 1. The Morgan fingerprint density at radius 2 is 1.74 bits per heavy atom. The molecule has 0 radical (unpaired) electrons. The van der Waals surface area contributed by atoms with E-state index in [1.54, 1.807) is 20.8 Å². The zero-order chi connectivity index (χ0) is 15.2. The molecular formula is C11H21N3O5. The highest BCUT2D eigenvalue weighted by Crippen LogP contribution is 1.99. The first-order valence-corrected chi connectivity index (χ1v) is 5.80. The van der Waals surface area contributed by atoms with Gasteiger partial charge >= 0.3 is 12.0 Å². The van der Waals surface area contributed by atoms with Crippen LogP contribution in [0.1, 0.15) is 27.7 Å². The smallest absolute Gasteiger partial charge is 0.334 e. The highest BCUT2D eigenvalue weighted by atomic mass is 16.4. The molecule has 5 N–H and O–H groups in total. The summed E-state index contributed by atoms with van der Waals surface area (Å²) in [5.41, 5.74) is -0.414. The molecule has 0 spiro atoms. The van der Waals surface area contributed by atoms with Crippen molar-refractivity contribution in [2.75, 3.05) is 6.54 Å². The predicted octanol–water partition coefficient (Wildman–Crippen LogP) is -0.966. The number of aliphatic hydroxyl groups excluding tert-OH is 1. The maximum Gasteiger partial charge on any atom is 0.334 e. The minimum atomic E-state index is -1.68. The SMILES string of the molecule is CC(NC(=O)NC[C@H](O)C(=O)O)C(=O)NC(C)(C)C. The molecule has 0 aromatic carbocycles. The van der Waals surface area contributed by atoms with E-state index in [2.05, 4.69) is 16.0 Å². The van der Waals surface area contributed by atoms with Gasteiger partial charge in [0.25, 0.3) is 0 Å². The molecule has 0 aromatic rings. The summed E-state index contributed by atoms with van der Waals surface area (Å²) >= 11 is 0. The van der Waals surface area contributed by atoms with Crippen LogP contribution in [0.2, 0.25) is 0 Å². The van der Waals surface area contributed by atoms with Gasteiger partial charge in [-0.25, -0.2) is 9.59 Å². The van der Waals surface area contributed by atoms with E-state index in [4.69, 9.17) is 10.2 Å². The van der Waals surface area contributed by atoms with Crippen molar-refractivity contribution in [3.63, 3.8) is 0 Å². The van der Waals surface area contributed by atoms with Gasteiger partial charge in [-0.3, -0.25) is 4.79 Å². The highest BCUT2D eigenvalue weighted by molar-refractivity contribution is 5.87. The van der Waals surface area contributed by atoms with E-state index >= 15 is 0 Å². The minimum Gasteiger partial charge on any atom is -0.479 e. The molecule has 0 rings (SSSR count). The van der Waals surface area contributed by atoms with Crippen LogP contribution in [0.25, 0.3) is 0 Å². The van der Waals surface area contributed by atoms with E-state index in [1.165, 1.54) is 6.92 Å². The monoisotopic (exact) mass is 275 g/mol. The van der Waals surface area contributed by atoms with Gasteiger partial charge in [-0.15, -0.1) is 0 Å². The van der Waals surface area contributed by atoms with Crippen molar-refractivity contribution < 1.29 is 24.6 Å². The molecule has 0 aliphatic carbocycles. The second-order valence-corrected chi connectivity index (χ2v) is 5.17. The van der Waals surface area contributed by atoms with Crippen LogP contribution in [0.4, 0.5) is 4.79 Å². The van der Waals surface area contributed by atoms with E-state index in [9.17, 15) is 14.4 Å². The molecule has 0 aliphatic rings. The number of hydrogen-bond acceptors (Lipinski definition) is 4. The summed E-state index contributed by atoms with van der Waals surface area (Å²) in [5.74, 6) is -1.79. The van der Waals surface area contributed by atoms with Gasteiger partial charge in [0.15, 0.2) is 6.10 Å². The first-order valence-electron chi connectivity index (χ1n) is 5.80. The van der Waals surface area contributed by atoms with Crippen molar-refractivity contribution in [1.29, 1.82) is 0 Å². The number of aliphatic carboxylic acids is 1. The van der Waals surface area contributed by atoms with Crippen LogP contribution in [0.3, 0.4) is 0 Å². The number of nitrogens with one attached hydrogen (secondary N) is 3.